The van der Waals surface area contributed by atoms with Crippen molar-refractivity contribution in [2.45, 2.75) is 18.9 Å². The van der Waals surface area contributed by atoms with E-state index >= 15 is 0 Å². The summed E-state index contributed by atoms with van der Waals surface area (Å²) >= 11 is 0. The lowest BCUT2D eigenvalue weighted by Crippen LogP contribution is -2.49. The van der Waals surface area contributed by atoms with Crippen LogP contribution in [0.25, 0.3) is 0 Å². The van der Waals surface area contributed by atoms with Gasteiger partial charge in [-0.3, -0.25) is 10.4 Å². The normalized spacial score (nSPS) is 19.5. The summed E-state index contributed by atoms with van der Waals surface area (Å²) < 4.78 is 0. The fourth-order valence-electron chi connectivity index (χ4n) is 1.59. The number of hydrogen-bond donors (Lipinski definition) is 2. The molecule has 1 aliphatic rings. The Kier molecular flexibility index (Phi) is 3.50. The minimum atomic E-state index is -0.302. The summed E-state index contributed by atoms with van der Waals surface area (Å²) in [6.45, 7) is 1.53. The third-order valence-corrected chi connectivity index (χ3v) is 2.25. The molecule has 0 radical (unpaired) electrons. The number of carbonyl (C=O) groups excluding carboxylic acids is 1. The van der Waals surface area contributed by atoms with Gasteiger partial charge >= 0.3 is 6.03 Å². The second-order valence-corrected chi connectivity index (χ2v) is 3.62. The van der Waals surface area contributed by atoms with Gasteiger partial charge in [-0.05, 0) is 12.8 Å². The summed E-state index contributed by atoms with van der Waals surface area (Å²) in [4.78, 5) is 12.5. The van der Waals surface area contributed by atoms with Gasteiger partial charge in [0.25, 0.3) is 0 Å². The highest BCUT2D eigenvalue weighted by Crippen LogP contribution is 2.09. The Bertz CT molecular complexity index is 175. The van der Waals surface area contributed by atoms with Crippen LogP contribution >= 0.6 is 0 Å². The molecular weight excluding hydrogens is 168 g/mol. The molecule has 2 amide bonds. The third kappa shape index (κ3) is 3.20. The van der Waals surface area contributed by atoms with E-state index in [2.05, 4.69) is 5.43 Å². The first-order chi connectivity index (χ1) is 6.09. The zero-order chi connectivity index (χ0) is 9.84. The van der Waals surface area contributed by atoms with Crippen LogP contribution in [-0.2, 0) is 0 Å². The number of urea groups is 1. The number of nitrogens with zero attached hydrogens (tertiary/aromatic N) is 2. The molecule has 0 spiro atoms. The van der Waals surface area contributed by atoms with Crippen LogP contribution in [0.5, 0.6) is 0 Å². The number of primary amides is 1. The Labute approximate surface area is 78.8 Å². The second kappa shape index (κ2) is 4.43. The molecule has 0 aromatic heterocycles. The van der Waals surface area contributed by atoms with Gasteiger partial charge in [0.15, 0.2) is 0 Å². The molecule has 3 N–H and O–H groups in total. The van der Waals surface area contributed by atoms with Crippen molar-refractivity contribution < 1.29 is 4.79 Å². The fraction of sp³-hybridized carbons (Fsp3) is 0.875. The molecule has 1 saturated heterocycles. The number of amides is 2. The van der Waals surface area contributed by atoms with E-state index in [1.54, 1.807) is 4.90 Å². The van der Waals surface area contributed by atoms with Gasteiger partial charge in [0.1, 0.15) is 0 Å². The number of rotatable bonds is 2. The molecule has 13 heavy (non-hydrogen) atoms. The smallest absolute Gasteiger partial charge is 0.314 e. The summed E-state index contributed by atoms with van der Waals surface area (Å²) in [5.41, 5.74) is 8.47. The lowest BCUT2D eigenvalue weighted by Gasteiger charge is -2.32. The molecule has 5 heteroatoms. The van der Waals surface area contributed by atoms with Gasteiger partial charge in [-0.25, -0.2) is 4.79 Å². The molecular formula is C8H18N4O. The minimum absolute atomic E-state index is 0.302. The standard InChI is InChI=1S/C8H18N4O/c1-11(2)10-7-3-5-12(6-4-7)8(9)13/h7,10H,3-6H2,1-2H3,(H2,9,13). The number of carbonyl (C=O) groups is 1. The van der Waals surface area contributed by atoms with E-state index in [4.69, 9.17) is 5.73 Å². The molecule has 1 fully saturated rings. The van der Waals surface area contributed by atoms with Crippen LogP contribution in [0.2, 0.25) is 0 Å². The zero-order valence-corrected chi connectivity index (χ0v) is 8.29. The van der Waals surface area contributed by atoms with Crippen LogP contribution in [0, 0.1) is 0 Å². The average Bonchev–Trinajstić information content (AvgIpc) is 2.04. The lowest BCUT2D eigenvalue weighted by atomic mass is 10.1. The first-order valence-corrected chi connectivity index (χ1v) is 4.57. The summed E-state index contributed by atoms with van der Waals surface area (Å²) in [7, 11) is 3.95. The van der Waals surface area contributed by atoms with Crippen molar-refractivity contribution in [3.05, 3.63) is 0 Å². The first-order valence-electron chi connectivity index (χ1n) is 4.57. The van der Waals surface area contributed by atoms with Crippen molar-refractivity contribution in [2.24, 2.45) is 5.73 Å². The molecule has 0 aliphatic carbocycles. The van der Waals surface area contributed by atoms with Gasteiger partial charge in [-0.15, -0.1) is 0 Å². The van der Waals surface area contributed by atoms with E-state index < -0.39 is 0 Å². The first kappa shape index (κ1) is 10.3. The van der Waals surface area contributed by atoms with Crippen LogP contribution in [0.4, 0.5) is 4.79 Å². The SMILES string of the molecule is CN(C)NC1CCN(C(N)=O)CC1. The van der Waals surface area contributed by atoms with E-state index in [9.17, 15) is 4.79 Å². The van der Waals surface area contributed by atoms with Crippen LogP contribution in [0.1, 0.15) is 12.8 Å². The maximum Gasteiger partial charge on any atom is 0.314 e. The molecule has 5 nitrogen and oxygen atoms in total. The molecule has 0 bridgehead atoms. The lowest BCUT2D eigenvalue weighted by molar-refractivity contribution is 0.155. The van der Waals surface area contributed by atoms with Crippen LogP contribution in [-0.4, -0.2) is 49.2 Å². The van der Waals surface area contributed by atoms with Crippen LogP contribution in [0.3, 0.4) is 0 Å². The Morgan fingerprint density at radius 3 is 2.38 bits per heavy atom. The minimum Gasteiger partial charge on any atom is -0.351 e. The highest BCUT2D eigenvalue weighted by molar-refractivity contribution is 5.72. The summed E-state index contributed by atoms with van der Waals surface area (Å²) in [6, 6.07) is 0.175. The Morgan fingerprint density at radius 1 is 1.46 bits per heavy atom. The highest BCUT2D eigenvalue weighted by Gasteiger charge is 2.20. The van der Waals surface area contributed by atoms with Gasteiger partial charge in [-0.1, -0.05) is 0 Å². The number of hydrazine groups is 1. The molecule has 0 atom stereocenters. The number of hydrogen-bond acceptors (Lipinski definition) is 3. The van der Waals surface area contributed by atoms with Crippen LogP contribution < -0.4 is 11.2 Å². The van der Waals surface area contributed by atoms with Crippen molar-refractivity contribution in [1.82, 2.24) is 15.3 Å². The zero-order valence-electron chi connectivity index (χ0n) is 8.29. The highest BCUT2D eigenvalue weighted by atomic mass is 16.2. The molecule has 1 rings (SSSR count). The van der Waals surface area contributed by atoms with Crippen molar-refractivity contribution in [2.75, 3.05) is 27.2 Å². The Hall–Kier alpha value is -0.810. The van der Waals surface area contributed by atoms with Gasteiger partial charge < -0.3 is 10.6 Å². The quantitative estimate of drug-likeness (QED) is 0.577. The maximum absolute atomic E-state index is 10.8. The average molecular weight is 186 g/mol. The topological polar surface area (TPSA) is 61.6 Å². The van der Waals surface area contributed by atoms with E-state index in [-0.39, 0.29) is 6.03 Å². The summed E-state index contributed by atoms with van der Waals surface area (Å²) in [5.74, 6) is 0. The van der Waals surface area contributed by atoms with E-state index in [1.807, 2.05) is 19.1 Å². The van der Waals surface area contributed by atoms with Gasteiger partial charge in [-0.2, -0.15) is 0 Å². The van der Waals surface area contributed by atoms with E-state index in [0.717, 1.165) is 25.9 Å². The summed E-state index contributed by atoms with van der Waals surface area (Å²) in [5, 5.41) is 1.95. The van der Waals surface area contributed by atoms with Gasteiger partial charge in [0.2, 0.25) is 0 Å². The van der Waals surface area contributed by atoms with E-state index in [0.29, 0.717) is 6.04 Å². The summed E-state index contributed by atoms with van der Waals surface area (Å²) in [6.07, 6.45) is 1.95. The molecule has 1 aliphatic heterocycles. The number of piperidine rings is 1. The third-order valence-electron chi connectivity index (χ3n) is 2.25. The van der Waals surface area contributed by atoms with Crippen molar-refractivity contribution in [3.8, 4) is 0 Å². The van der Waals surface area contributed by atoms with Crippen molar-refractivity contribution >= 4 is 6.03 Å². The predicted octanol–water partition coefficient (Wildman–Crippen LogP) is -0.404. The van der Waals surface area contributed by atoms with E-state index in [1.165, 1.54) is 0 Å². The van der Waals surface area contributed by atoms with Crippen molar-refractivity contribution in [1.29, 1.82) is 0 Å². The molecule has 0 unspecified atom stereocenters. The second-order valence-electron chi connectivity index (χ2n) is 3.62. The Morgan fingerprint density at radius 2 is 2.00 bits per heavy atom. The van der Waals surface area contributed by atoms with Gasteiger partial charge in [0, 0.05) is 33.2 Å². The number of nitrogens with one attached hydrogen (secondary N) is 1. The fourth-order valence-corrected chi connectivity index (χ4v) is 1.59. The monoisotopic (exact) mass is 186 g/mol. The molecule has 0 aromatic rings. The van der Waals surface area contributed by atoms with Gasteiger partial charge in [0.05, 0.1) is 0 Å². The molecule has 76 valence electrons. The molecule has 0 aromatic carbocycles. The predicted molar refractivity (Wildman–Crippen MR) is 51.0 cm³/mol. The van der Waals surface area contributed by atoms with Crippen molar-refractivity contribution in [3.63, 3.8) is 0 Å². The largest absolute Gasteiger partial charge is 0.351 e. The number of nitrogens with two attached hydrogens (primary N) is 1. The molecule has 1 heterocycles. The van der Waals surface area contributed by atoms with Crippen LogP contribution in [0.15, 0.2) is 0 Å². The Balaban J connectivity index is 2.26. The number of likely N-dealkylation sites (tertiary alicyclic amines) is 1. The molecule has 0 saturated carbocycles. The maximum atomic E-state index is 10.8.